The summed E-state index contributed by atoms with van der Waals surface area (Å²) in [5.41, 5.74) is 0.773. The molecule has 70 valence electrons. The Morgan fingerprint density at radius 2 is 2.23 bits per heavy atom. The van der Waals surface area contributed by atoms with Gasteiger partial charge in [0.25, 0.3) is 0 Å². The molecule has 0 fully saturated rings. The number of pyridine rings is 1. The fourth-order valence-corrected chi connectivity index (χ4v) is 0.764. The molecule has 0 aromatic carbocycles. The van der Waals surface area contributed by atoms with Crippen LogP contribution in [0, 0.1) is 0 Å². The molecule has 3 nitrogen and oxygen atoms in total. The van der Waals surface area contributed by atoms with Crippen LogP contribution in [-0.4, -0.2) is 16.1 Å². The Morgan fingerprint density at radius 3 is 2.62 bits per heavy atom. The molecule has 0 aliphatic rings. The number of aromatic carboxylic acids is 1. The second-order valence-electron chi connectivity index (χ2n) is 1.97. The minimum atomic E-state index is -0.956. The van der Waals surface area contributed by atoms with E-state index >= 15 is 0 Å². The van der Waals surface area contributed by atoms with E-state index in [0.717, 1.165) is 0 Å². The topological polar surface area (TPSA) is 50.2 Å². The number of carboxylic acid groups (broad SMARTS) is 1. The lowest BCUT2D eigenvalue weighted by Gasteiger charge is -1.96. The van der Waals surface area contributed by atoms with Crippen LogP contribution in [0.3, 0.4) is 0 Å². The molecule has 1 heterocycles. The fourth-order valence-electron chi connectivity index (χ4n) is 0.764. The third-order valence-corrected chi connectivity index (χ3v) is 1.30. The molecule has 1 aromatic rings. The molecule has 0 spiro atoms. The van der Waals surface area contributed by atoms with Gasteiger partial charge in [0.2, 0.25) is 0 Å². The van der Waals surface area contributed by atoms with Crippen molar-refractivity contribution in [2.24, 2.45) is 0 Å². The molecule has 0 saturated carbocycles. The lowest BCUT2D eigenvalue weighted by Crippen LogP contribution is -1.99. The molecule has 3 heteroatoms. The highest BCUT2D eigenvalue weighted by Crippen LogP contribution is 2.07. The predicted molar refractivity (Wildman–Crippen MR) is 52.6 cm³/mol. The van der Waals surface area contributed by atoms with Gasteiger partial charge in [0.05, 0.1) is 5.56 Å². The van der Waals surface area contributed by atoms with Gasteiger partial charge in [-0.1, -0.05) is 26.5 Å². The molecule has 0 unspecified atom stereocenters. The zero-order chi connectivity index (χ0) is 10.3. The van der Waals surface area contributed by atoms with Gasteiger partial charge in [0.15, 0.2) is 0 Å². The van der Waals surface area contributed by atoms with Crippen molar-refractivity contribution in [1.82, 2.24) is 4.98 Å². The largest absolute Gasteiger partial charge is 0.478 e. The Hall–Kier alpha value is -1.64. The maximum atomic E-state index is 10.5. The zero-order valence-corrected chi connectivity index (χ0v) is 7.82. The van der Waals surface area contributed by atoms with Crippen LogP contribution in [-0.2, 0) is 0 Å². The number of carboxylic acids is 1. The van der Waals surface area contributed by atoms with Crippen LogP contribution < -0.4 is 0 Å². The molecule has 0 atom stereocenters. The van der Waals surface area contributed by atoms with Gasteiger partial charge in [0, 0.05) is 18.0 Å². The van der Waals surface area contributed by atoms with E-state index in [1.54, 1.807) is 0 Å². The maximum Gasteiger partial charge on any atom is 0.336 e. The van der Waals surface area contributed by atoms with E-state index in [2.05, 4.69) is 11.6 Å². The standard InChI is InChI=1S/C8H7NO2.C2H6/c1-2-6-5-9-4-3-7(6)8(10)11;1-2/h2-5H,1H2,(H,10,11);1-2H3. The van der Waals surface area contributed by atoms with Crippen molar-refractivity contribution in [3.05, 3.63) is 36.2 Å². The molecule has 1 N–H and O–H groups in total. The van der Waals surface area contributed by atoms with E-state index in [-0.39, 0.29) is 5.56 Å². The molecule has 1 aromatic heterocycles. The van der Waals surface area contributed by atoms with Crippen LogP contribution in [0.1, 0.15) is 29.8 Å². The summed E-state index contributed by atoms with van der Waals surface area (Å²) in [6, 6.07) is 1.44. The predicted octanol–water partition coefficient (Wildman–Crippen LogP) is 2.45. The molecule has 0 aliphatic carbocycles. The molecular weight excluding hydrogens is 166 g/mol. The number of rotatable bonds is 2. The molecule has 13 heavy (non-hydrogen) atoms. The molecular formula is C10H13NO2. The lowest BCUT2D eigenvalue weighted by molar-refractivity contribution is 0.0696. The Balaban J connectivity index is 0.000000671. The summed E-state index contributed by atoms with van der Waals surface area (Å²) in [4.78, 5) is 14.3. The fraction of sp³-hybridized carbons (Fsp3) is 0.200. The third kappa shape index (κ3) is 3.07. The minimum absolute atomic E-state index is 0.231. The maximum absolute atomic E-state index is 10.5. The molecule has 1 rings (SSSR count). The monoisotopic (exact) mass is 179 g/mol. The first kappa shape index (κ1) is 11.4. The molecule has 0 bridgehead atoms. The van der Waals surface area contributed by atoms with E-state index in [9.17, 15) is 4.79 Å². The Morgan fingerprint density at radius 1 is 1.62 bits per heavy atom. The van der Waals surface area contributed by atoms with Crippen molar-refractivity contribution >= 4 is 12.0 Å². The van der Waals surface area contributed by atoms with Gasteiger partial charge in [-0.3, -0.25) is 4.98 Å². The van der Waals surface area contributed by atoms with Crippen molar-refractivity contribution in [1.29, 1.82) is 0 Å². The summed E-state index contributed by atoms with van der Waals surface area (Å²) in [6.45, 7) is 7.47. The van der Waals surface area contributed by atoms with Crippen molar-refractivity contribution in [3.63, 3.8) is 0 Å². The van der Waals surface area contributed by atoms with Crippen LogP contribution in [0.15, 0.2) is 25.0 Å². The second-order valence-corrected chi connectivity index (χ2v) is 1.97. The summed E-state index contributed by atoms with van der Waals surface area (Å²) in [6.07, 6.45) is 4.38. The van der Waals surface area contributed by atoms with E-state index in [4.69, 9.17) is 5.11 Å². The smallest absolute Gasteiger partial charge is 0.336 e. The van der Waals surface area contributed by atoms with Gasteiger partial charge in [-0.05, 0) is 6.07 Å². The average Bonchev–Trinajstić information content (AvgIpc) is 2.20. The zero-order valence-electron chi connectivity index (χ0n) is 7.82. The average molecular weight is 179 g/mol. The van der Waals surface area contributed by atoms with Gasteiger partial charge in [0.1, 0.15) is 0 Å². The third-order valence-electron chi connectivity index (χ3n) is 1.30. The van der Waals surface area contributed by atoms with E-state index < -0.39 is 5.97 Å². The highest BCUT2D eigenvalue weighted by Gasteiger charge is 2.05. The first-order chi connectivity index (χ1) is 6.25. The van der Waals surface area contributed by atoms with E-state index in [1.165, 1.54) is 24.5 Å². The first-order valence-electron chi connectivity index (χ1n) is 4.05. The van der Waals surface area contributed by atoms with Gasteiger partial charge in [-0.25, -0.2) is 4.79 Å². The van der Waals surface area contributed by atoms with Crippen molar-refractivity contribution in [2.45, 2.75) is 13.8 Å². The quantitative estimate of drug-likeness (QED) is 0.758. The van der Waals surface area contributed by atoms with Crippen molar-refractivity contribution in [2.75, 3.05) is 0 Å². The van der Waals surface area contributed by atoms with Gasteiger partial charge < -0.3 is 5.11 Å². The van der Waals surface area contributed by atoms with Crippen LogP contribution >= 0.6 is 0 Å². The van der Waals surface area contributed by atoms with Crippen molar-refractivity contribution in [3.8, 4) is 0 Å². The molecule has 0 radical (unpaired) electrons. The van der Waals surface area contributed by atoms with Crippen LogP contribution in [0.4, 0.5) is 0 Å². The number of carbonyl (C=O) groups is 1. The summed E-state index contributed by atoms with van der Waals surface area (Å²) < 4.78 is 0. The van der Waals surface area contributed by atoms with E-state index in [0.29, 0.717) is 5.56 Å². The van der Waals surface area contributed by atoms with Crippen LogP contribution in [0.2, 0.25) is 0 Å². The number of aromatic nitrogens is 1. The number of hydrogen-bond acceptors (Lipinski definition) is 2. The summed E-state index contributed by atoms with van der Waals surface area (Å²) in [5, 5.41) is 8.62. The number of hydrogen-bond donors (Lipinski definition) is 1. The van der Waals surface area contributed by atoms with Gasteiger partial charge in [-0.2, -0.15) is 0 Å². The van der Waals surface area contributed by atoms with Gasteiger partial charge >= 0.3 is 5.97 Å². The highest BCUT2D eigenvalue weighted by molar-refractivity contribution is 5.91. The minimum Gasteiger partial charge on any atom is -0.478 e. The van der Waals surface area contributed by atoms with Crippen LogP contribution in [0.25, 0.3) is 6.08 Å². The summed E-state index contributed by atoms with van der Waals surface area (Å²) in [5.74, 6) is -0.956. The lowest BCUT2D eigenvalue weighted by atomic mass is 10.1. The van der Waals surface area contributed by atoms with Gasteiger partial charge in [-0.15, -0.1) is 0 Å². The molecule has 0 saturated heterocycles. The van der Waals surface area contributed by atoms with E-state index in [1.807, 2.05) is 13.8 Å². The van der Waals surface area contributed by atoms with Crippen molar-refractivity contribution < 1.29 is 9.90 Å². The number of nitrogens with zero attached hydrogens (tertiary/aromatic N) is 1. The highest BCUT2D eigenvalue weighted by atomic mass is 16.4. The Kier molecular flexibility index (Phi) is 5.19. The normalized spacial score (nSPS) is 8.15. The molecule has 0 aliphatic heterocycles. The summed E-state index contributed by atoms with van der Waals surface area (Å²) in [7, 11) is 0. The second kappa shape index (κ2) is 5.94. The summed E-state index contributed by atoms with van der Waals surface area (Å²) >= 11 is 0. The van der Waals surface area contributed by atoms with Crippen LogP contribution in [0.5, 0.6) is 0 Å². The first-order valence-corrected chi connectivity index (χ1v) is 4.05. The Bertz CT molecular complexity index is 295. The SMILES string of the molecule is C=Cc1cnccc1C(=O)O.CC. The molecule has 0 amide bonds. The Labute approximate surface area is 77.7 Å².